The molecule has 7 rings (SSSR count). The van der Waals surface area contributed by atoms with Crippen LogP contribution in [0.15, 0.2) is 30.0 Å². The number of aliphatic hydroxyl groups excluding tert-OH is 2. The number of nitrogens with zero attached hydrogens (tertiary/aromatic N) is 7. The summed E-state index contributed by atoms with van der Waals surface area (Å²) in [7, 11) is -2.93. The van der Waals surface area contributed by atoms with Crippen LogP contribution in [0.25, 0.3) is 22.2 Å². The van der Waals surface area contributed by atoms with Crippen LogP contribution >= 0.6 is 61.3 Å². The highest BCUT2D eigenvalue weighted by Crippen LogP contribution is 2.62. The maximum absolute atomic E-state index is 16.5. The van der Waals surface area contributed by atoms with Gasteiger partial charge in [0.25, 0.3) is 12.1 Å². The molecule has 18 nitrogen and oxygen atoms in total. The Morgan fingerprint density at radius 2 is 1.98 bits per heavy atom. The molecule has 2 fully saturated rings. The molecule has 3 aliphatic heterocycles. The molecule has 4 aromatic heterocycles. The summed E-state index contributed by atoms with van der Waals surface area (Å²) in [5.74, 6) is -0.469. The van der Waals surface area contributed by atoms with E-state index in [2.05, 4.69) is 49.7 Å². The summed E-state index contributed by atoms with van der Waals surface area (Å²) in [5, 5.41) is 25.6. The Morgan fingerprint density at radius 3 is 2.73 bits per heavy atom. The first-order valence-corrected chi connectivity index (χ1v) is 22.6. The quantitative estimate of drug-likeness (QED) is 0.0741. The zero-order valence-electron chi connectivity index (χ0n) is 27.3. The maximum Gasteiger partial charge on any atom is 0.281 e. The second kappa shape index (κ2) is 15.8. The Hall–Kier alpha value is -1.69. The van der Waals surface area contributed by atoms with Crippen molar-refractivity contribution in [1.82, 2.24) is 33.6 Å². The molecule has 11 atom stereocenters. The number of hydrogen-bond acceptors (Lipinski definition) is 15. The number of imidazole rings is 1. The number of hydrogen-bond donors (Lipinski definition) is 5. The molecule has 284 valence electrons. The molecule has 0 amide bonds. The predicted molar refractivity (Wildman–Crippen MR) is 200 cm³/mol. The van der Waals surface area contributed by atoms with Gasteiger partial charge in [-0.05, 0) is 18.4 Å². The Balaban J connectivity index is 1.09. The molecular formula is C28H36FIN8O10P2S2. The average molecular weight is 917 g/mol. The van der Waals surface area contributed by atoms with Gasteiger partial charge in [-0.2, -0.15) is 0 Å². The molecule has 4 aromatic rings. The zero-order valence-corrected chi connectivity index (χ0v) is 33.2. The lowest BCUT2D eigenvalue weighted by atomic mass is 9.96. The number of fused-ring (bicyclic) bond motifs is 1. The van der Waals surface area contributed by atoms with E-state index in [4.69, 9.17) is 21.6 Å². The number of halogens is 2. The van der Waals surface area contributed by atoms with Crippen molar-refractivity contribution in [2.75, 3.05) is 31.7 Å². The minimum absolute atomic E-state index is 0.00733. The lowest BCUT2D eigenvalue weighted by Crippen LogP contribution is -2.36. The third-order valence-electron chi connectivity index (χ3n) is 9.72. The van der Waals surface area contributed by atoms with Gasteiger partial charge in [-0.15, -0.1) is 0 Å². The van der Waals surface area contributed by atoms with Crippen LogP contribution in [0.4, 0.5) is 10.2 Å². The summed E-state index contributed by atoms with van der Waals surface area (Å²) in [6.07, 6.45) is -1.88. The van der Waals surface area contributed by atoms with E-state index in [-0.39, 0.29) is 24.3 Å². The largest absolute Gasteiger partial charge is 0.394 e. The van der Waals surface area contributed by atoms with Gasteiger partial charge in [-0.3, -0.25) is 23.1 Å². The van der Waals surface area contributed by atoms with Crippen molar-refractivity contribution in [2.24, 2.45) is 5.92 Å². The first-order valence-electron chi connectivity index (χ1n) is 16.3. The molecule has 0 spiro atoms. The Labute approximate surface area is 320 Å². The normalized spacial score (nSPS) is 30.0. The van der Waals surface area contributed by atoms with Crippen LogP contribution in [-0.2, 0) is 43.7 Å². The number of aromatic nitrogens is 7. The summed E-state index contributed by atoms with van der Waals surface area (Å²) >= 11 is 9.95. The lowest BCUT2D eigenvalue weighted by Gasteiger charge is -2.29. The number of thiol groups is 2. The van der Waals surface area contributed by atoms with Gasteiger partial charge in [0, 0.05) is 18.7 Å². The van der Waals surface area contributed by atoms with Crippen molar-refractivity contribution < 1.29 is 45.3 Å². The molecule has 1 unspecified atom stereocenters. The molecule has 0 aliphatic carbocycles. The van der Waals surface area contributed by atoms with Crippen molar-refractivity contribution in [3.63, 3.8) is 0 Å². The fraction of sp³-hybridized carbons (Fsp3) is 0.607. The average Bonchev–Trinajstić information content (AvgIpc) is 3.84. The summed E-state index contributed by atoms with van der Waals surface area (Å²) in [6.45, 7) is -2.37. The van der Waals surface area contributed by atoms with Gasteiger partial charge in [0.1, 0.15) is 65.4 Å². The molecule has 2 saturated heterocycles. The molecule has 0 radical (unpaired) electrons. The van der Waals surface area contributed by atoms with E-state index in [1.807, 2.05) is 0 Å². The number of aliphatic hydroxyl groups is 2. The van der Waals surface area contributed by atoms with E-state index < -0.39 is 87.2 Å². The highest BCUT2D eigenvalue weighted by Gasteiger charge is 2.54. The van der Waals surface area contributed by atoms with Gasteiger partial charge in [0.15, 0.2) is 29.8 Å². The molecule has 0 bridgehead atoms. The highest BCUT2D eigenvalue weighted by atomic mass is 127. The second-order valence-corrected chi connectivity index (χ2v) is 19.0. The molecule has 24 heteroatoms. The van der Waals surface area contributed by atoms with Crippen LogP contribution in [-0.4, -0.2) is 106 Å². The van der Waals surface area contributed by atoms with Gasteiger partial charge < -0.3 is 41.7 Å². The minimum atomic E-state index is -4.03. The number of rotatable bonds is 13. The Kier molecular flexibility index (Phi) is 11.7. The number of alkyl halides is 1. The molecule has 0 saturated carbocycles. The summed E-state index contributed by atoms with van der Waals surface area (Å²) < 4.78 is 75.4. The van der Waals surface area contributed by atoms with Crippen LogP contribution in [0, 0.1) is 5.92 Å². The summed E-state index contributed by atoms with van der Waals surface area (Å²) in [6, 6.07) is 0. The van der Waals surface area contributed by atoms with Crippen molar-refractivity contribution in [1.29, 1.82) is 0 Å². The third-order valence-corrected chi connectivity index (χ3v) is 14.3. The second-order valence-electron chi connectivity index (χ2n) is 12.7. The smallest absolute Gasteiger partial charge is 0.281 e. The topological polar surface area (TPSA) is 216 Å². The van der Waals surface area contributed by atoms with Crippen molar-refractivity contribution >= 4 is 89.3 Å². The van der Waals surface area contributed by atoms with E-state index in [1.54, 1.807) is 33.8 Å². The van der Waals surface area contributed by atoms with Gasteiger partial charge in [0.2, 0.25) is 7.23 Å². The van der Waals surface area contributed by atoms with Gasteiger partial charge in [-0.1, -0.05) is 31.4 Å². The fourth-order valence-electron chi connectivity index (χ4n) is 7.13. The molecular weight excluding hydrogens is 880 g/mol. The fourth-order valence-corrected chi connectivity index (χ4v) is 10.2. The van der Waals surface area contributed by atoms with Crippen molar-refractivity contribution in [3.05, 3.63) is 41.1 Å². The third kappa shape index (κ3) is 7.11. The van der Waals surface area contributed by atoms with Gasteiger partial charge in [0.05, 0.1) is 49.8 Å². The van der Waals surface area contributed by atoms with E-state index in [0.717, 1.165) is 30.3 Å². The van der Waals surface area contributed by atoms with E-state index >= 15 is 4.39 Å². The first-order chi connectivity index (χ1) is 24.9. The summed E-state index contributed by atoms with van der Waals surface area (Å²) in [4.78, 5) is 30.3. The Morgan fingerprint density at radius 1 is 1.19 bits per heavy atom. The summed E-state index contributed by atoms with van der Waals surface area (Å²) in [5.41, 5.74) is -0.0123. The number of anilines is 1. The minimum Gasteiger partial charge on any atom is -0.394 e. The lowest BCUT2D eigenvalue weighted by molar-refractivity contribution is -0.0438. The number of aryl methyl sites for hydroxylation is 1. The molecule has 3 aliphatic rings. The van der Waals surface area contributed by atoms with E-state index in [9.17, 15) is 24.1 Å². The molecule has 3 N–H and O–H groups in total. The molecule has 0 aromatic carbocycles. The van der Waals surface area contributed by atoms with Gasteiger partial charge in [-0.25, -0.2) is 24.3 Å². The van der Waals surface area contributed by atoms with Crippen molar-refractivity contribution in [3.8, 4) is 0 Å². The standard InChI is InChI=1S/C28H36FIN8O10P2S2/c1-13(17-15(8-39)46-27(19(17)29)37-7-14-3-2-4-31-23-18(14)24(37)33-10-32-23)50(43,52)45-9-16-21(40)22(48-49(42)51)28(47-16)38-12-34-20-25(38)35-11-36(26(20)41)5-6-44-30/h7,10-13,15-17,19,21-22,27-28,39-40,49H,2-6,8-9H2,1H3,(H,42,51)(H,43,52)(H,31,32,33)/t13-,15-,16-,17-,19-,21-,22-,27-,28-,50-/m1/s1. The van der Waals surface area contributed by atoms with E-state index in [1.165, 1.54) is 35.0 Å². The van der Waals surface area contributed by atoms with Crippen molar-refractivity contribution in [2.45, 2.75) is 75.0 Å². The predicted octanol–water partition coefficient (Wildman–Crippen LogP) is 3.10. The number of ether oxygens (including phenoxy) is 2. The Bertz CT molecular complexity index is 2080. The first kappa shape index (κ1) is 38.6. The molecule has 7 heterocycles. The maximum atomic E-state index is 16.5. The van der Waals surface area contributed by atoms with Crippen LogP contribution in [0.1, 0.15) is 31.4 Å². The van der Waals surface area contributed by atoms with Crippen LogP contribution in [0.3, 0.4) is 0 Å². The van der Waals surface area contributed by atoms with Gasteiger partial charge >= 0.3 is 0 Å². The zero-order chi connectivity index (χ0) is 36.9. The molecule has 52 heavy (non-hydrogen) atoms. The van der Waals surface area contributed by atoms with Crippen LogP contribution in [0.2, 0.25) is 0 Å². The number of nitrogens with one attached hydrogen (secondary N) is 1. The SMILES string of the molecule is C[C@H]([C@H]1[C@@H](F)[C@H](n2cc3c4c(ncnc42)NCCC3)O[C@@H]1CO)[P@](=O)(S)OC[C@H]1O[C@@H](n2cnc3c(=O)n(CCOI)cnc32)[C@H](O[PH](=O)S)[C@@H]1O. The highest BCUT2D eigenvalue weighted by molar-refractivity contribution is 14.1. The van der Waals surface area contributed by atoms with Crippen LogP contribution in [0.5, 0.6) is 0 Å². The van der Waals surface area contributed by atoms with Crippen LogP contribution < -0.4 is 10.9 Å². The monoisotopic (exact) mass is 916 g/mol. The van der Waals surface area contributed by atoms with E-state index in [0.29, 0.717) is 11.5 Å².